The number of nitrogens with one attached hydrogen (secondary N) is 2. The van der Waals surface area contributed by atoms with Crippen LogP contribution >= 0.6 is 31.9 Å². The van der Waals surface area contributed by atoms with E-state index < -0.39 is 11.9 Å². The lowest BCUT2D eigenvalue weighted by Crippen LogP contribution is -2.18. The Labute approximate surface area is 251 Å². The van der Waals surface area contributed by atoms with Crippen molar-refractivity contribution in [2.75, 3.05) is 12.1 Å². The van der Waals surface area contributed by atoms with Crippen LogP contribution in [0, 0.1) is 6.92 Å². The molecule has 0 aromatic heterocycles. The smallest absolute Gasteiger partial charge is 0.343 e. The largest absolute Gasteiger partial charge is 0.454 e. The van der Waals surface area contributed by atoms with Crippen molar-refractivity contribution in [2.24, 2.45) is 5.10 Å². The molecule has 0 aliphatic carbocycles. The number of halogens is 2. The molecule has 41 heavy (non-hydrogen) atoms. The van der Waals surface area contributed by atoms with Gasteiger partial charge < -0.3 is 19.5 Å². The van der Waals surface area contributed by atoms with Gasteiger partial charge in [0.15, 0.2) is 17.2 Å². The number of fused-ring (bicyclic) bond motifs is 1. The van der Waals surface area contributed by atoms with Gasteiger partial charge in [-0.3, -0.25) is 9.59 Å². The van der Waals surface area contributed by atoms with E-state index in [-0.39, 0.29) is 29.6 Å². The number of anilines is 1. The maximum atomic E-state index is 12.9. The van der Waals surface area contributed by atoms with E-state index in [2.05, 4.69) is 47.7 Å². The Morgan fingerprint density at radius 3 is 2.41 bits per heavy atom. The van der Waals surface area contributed by atoms with Crippen molar-refractivity contribution in [3.8, 4) is 17.2 Å². The average molecular weight is 679 g/mol. The van der Waals surface area contributed by atoms with Gasteiger partial charge in [0.25, 0.3) is 11.8 Å². The number of benzene rings is 4. The van der Waals surface area contributed by atoms with Crippen molar-refractivity contribution < 1.29 is 28.6 Å². The zero-order chi connectivity index (χ0) is 28.9. The molecule has 0 saturated carbocycles. The number of aryl methyl sites for hydroxylation is 1. The third-order valence-electron chi connectivity index (χ3n) is 5.87. The summed E-state index contributed by atoms with van der Waals surface area (Å²) in [6.07, 6.45) is 1.36. The molecule has 0 radical (unpaired) electrons. The molecule has 4 aromatic carbocycles. The van der Waals surface area contributed by atoms with E-state index >= 15 is 0 Å². The molecule has 4 aromatic rings. The fourth-order valence-corrected chi connectivity index (χ4v) is 5.25. The van der Waals surface area contributed by atoms with Gasteiger partial charge in [-0.25, -0.2) is 10.2 Å². The average Bonchev–Trinajstić information content (AvgIpc) is 3.43. The second-order valence-corrected chi connectivity index (χ2v) is 10.6. The highest BCUT2D eigenvalue weighted by molar-refractivity contribution is 9.11. The predicted molar refractivity (Wildman–Crippen MR) is 160 cm³/mol. The summed E-state index contributed by atoms with van der Waals surface area (Å²) in [5.41, 5.74) is 5.38. The molecule has 206 valence electrons. The molecular weight excluding hydrogens is 658 g/mol. The van der Waals surface area contributed by atoms with Crippen LogP contribution in [0.3, 0.4) is 0 Å². The van der Waals surface area contributed by atoms with E-state index in [1.807, 2.05) is 13.0 Å². The Hall–Kier alpha value is -4.48. The highest BCUT2D eigenvalue weighted by atomic mass is 79.9. The van der Waals surface area contributed by atoms with Crippen molar-refractivity contribution in [3.05, 3.63) is 116 Å². The van der Waals surface area contributed by atoms with Crippen molar-refractivity contribution in [1.82, 2.24) is 5.43 Å². The van der Waals surface area contributed by atoms with E-state index in [1.165, 1.54) is 6.21 Å². The number of nitrogens with zero attached hydrogens (tertiary/aromatic N) is 1. The lowest BCUT2D eigenvalue weighted by atomic mass is 10.1. The summed E-state index contributed by atoms with van der Waals surface area (Å²) in [4.78, 5) is 38.3. The summed E-state index contributed by atoms with van der Waals surface area (Å²) in [6, 6.07) is 21.9. The molecule has 11 heteroatoms. The van der Waals surface area contributed by atoms with Crippen LogP contribution in [0.4, 0.5) is 5.69 Å². The summed E-state index contributed by atoms with van der Waals surface area (Å²) in [5.74, 6) is -0.191. The Morgan fingerprint density at radius 1 is 0.854 bits per heavy atom. The standard InChI is InChI=1S/C30H21Br2N3O6/c1-17-4-2-5-18(10-17)28(36)34-23-7-3-6-19(12-23)29(37)35-33-15-21-11-22(31)14-24(32)27(21)41-30(38)20-8-9-25-26(13-20)40-16-39-25/h2-15H,16H2,1H3,(H,34,36)(H,35,37). The van der Waals surface area contributed by atoms with Gasteiger partial charge in [-0.1, -0.05) is 39.7 Å². The number of carbonyl (C=O) groups excluding carboxylic acids is 3. The number of hydrogen-bond donors (Lipinski definition) is 2. The summed E-state index contributed by atoms with van der Waals surface area (Å²) in [6.45, 7) is 1.99. The van der Waals surface area contributed by atoms with Crippen LogP contribution in [0.2, 0.25) is 0 Å². The lowest BCUT2D eigenvalue weighted by molar-refractivity contribution is 0.0732. The minimum atomic E-state index is -0.616. The summed E-state index contributed by atoms with van der Waals surface area (Å²) < 4.78 is 17.5. The SMILES string of the molecule is Cc1cccc(C(=O)Nc2cccc(C(=O)NN=Cc3cc(Br)cc(Br)c3OC(=O)c3ccc4c(c3)OCO4)c2)c1. The molecule has 1 heterocycles. The first-order valence-electron chi connectivity index (χ1n) is 12.2. The molecule has 9 nitrogen and oxygen atoms in total. The Bertz CT molecular complexity index is 1710. The normalized spacial score (nSPS) is 11.8. The highest BCUT2D eigenvalue weighted by Crippen LogP contribution is 2.35. The molecule has 0 atom stereocenters. The van der Waals surface area contributed by atoms with E-state index in [9.17, 15) is 14.4 Å². The van der Waals surface area contributed by atoms with Gasteiger partial charge in [0.1, 0.15) is 0 Å². The number of esters is 1. The first-order chi connectivity index (χ1) is 19.8. The first-order valence-corrected chi connectivity index (χ1v) is 13.8. The van der Waals surface area contributed by atoms with Crippen LogP contribution in [-0.4, -0.2) is 30.8 Å². The minimum Gasteiger partial charge on any atom is -0.454 e. The summed E-state index contributed by atoms with van der Waals surface area (Å²) >= 11 is 6.83. The molecule has 1 aliphatic heterocycles. The third kappa shape index (κ3) is 6.82. The molecule has 0 bridgehead atoms. The van der Waals surface area contributed by atoms with Crippen LogP contribution in [0.5, 0.6) is 17.2 Å². The van der Waals surface area contributed by atoms with E-state index in [0.717, 1.165) is 5.56 Å². The molecular formula is C30H21Br2N3O6. The maximum absolute atomic E-state index is 12.9. The molecule has 0 fully saturated rings. The minimum absolute atomic E-state index is 0.0881. The predicted octanol–water partition coefficient (Wildman–Crippen LogP) is 6.48. The molecule has 0 spiro atoms. The third-order valence-corrected chi connectivity index (χ3v) is 6.92. The van der Waals surface area contributed by atoms with Gasteiger partial charge >= 0.3 is 5.97 Å². The second kappa shape index (κ2) is 12.4. The first kappa shape index (κ1) is 28.1. The van der Waals surface area contributed by atoms with E-state index in [0.29, 0.717) is 37.3 Å². The number of hydrazone groups is 1. The second-order valence-electron chi connectivity index (χ2n) is 8.87. The Balaban J connectivity index is 1.28. The Morgan fingerprint density at radius 2 is 1.61 bits per heavy atom. The fourth-order valence-electron chi connectivity index (χ4n) is 3.91. The molecule has 2 N–H and O–H groups in total. The van der Waals surface area contributed by atoms with Crippen LogP contribution < -0.4 is 25.0 Å². The zero-order valence-corrected chi connectivity index (χ0v) is 24.6. The molecule has 0 saturated heterocycles. The van der Waals surface area contributed by atoms with Crippen LogP contribution in [0.1, 0.15) is 42.2 Å². The fraction of sp³-hybridized carbons (Fsp3) is 0.0667. The number of hydrogen-bond acceptors (Lipinski definition) is 7. The summed E-state index contributed by atoms with van der Waals surface area (Å²) in [7, 11) is 0. The van der Waals surface area contributed by atoms with Crippen molar-refractivity contribution in [1.29, 1.82) is 0 Å². The maximum Gasteiger partial charge on any atom is 0.343 e. The molecule has 0 unspecified atom stereocenters. The van der Waals surface area contributed by atoms with Gasteiger partial charge in [0.2, 0.25) is 6.79 Å². The highest BCUT2D eigenvalue weighted by Gasteiger charge is 2.20. The number of ether oxygens (including phenoxy) is 3. The number of carbonyl (C=O) groups is 3. The van der Waals surface area contributed by atoms with Crippen LogP contribution in [0.25, 0.3) is 0 Å². The number of amides is 2. The van der Waals surface area contributed by atoms with Gasteiger partial charge in [-0.15, -0.1) is 0 Å². The van der Waals surface area contributed by atoms with Gasteiger partial charge in [0, 0.05) is 26.9 Å². The van der Waals surface area contributed by atoms with Crippen molar-refractivity contribution in [3.63, 3.8) is 0 Å². The van der Waals surface area contributed by atoms with Gasteiger partial charge in [-0.2, -0.15) is 5.10 Å². The summed E-state index contributed by atoms with van der Waals surface area (Å²) in [5, 5.41) is 6.85. The topological polar surface area (TPSA) is 115 Å². The monoisotopic (exact) mass is 677 g/mol. The lowest BCUT2D eigenvalue weighted by Gasteiger charge is -2.11. The van der Waals surface area contributed by atoms with Gasteiger partial charge in [0.05, 0.1) is 16.3 Å². The van der Waals surface area contributed by atoms with E-state index in [4.69, 9.17) is 14.2 Å². The van der Waals surface area contributed by atoms with Crippen LogP contribution in [0.15, 0.2) is 92.9 Å². The quantitative estimate of drug-likeness (QED) is 0.100. The van der Waals surface area contributed by atoms with Gasteiger partial charge in [-0.05, 0) is 83.5 Å². The zero-order valence-electron chi connectivity index (χ0n) is 21.4. The van der Waals surface area contributed by atoms with Crippen LogP contribution in [-0.2, 0) is 0 Å². The molecule has 5 rings (SSSR count). The van der Waals surface area contributed by atoms with Crippen molar-refractivity contribution >= 4 is 61.5 Å². The number of rotatable bonds is 7. The van der Waals surface area contributed by atoms with Crippen molar-refractivity contribution in [2.45, 2.75) is 6.92 Å². The molecule has 1 aliphatic rings. The Kier molecular flexibility index (Phi) is 8.46. The van der Waals surface area contributed by atoms with E-state index in [1.54, 1.807) is 72.8 Å². The molecule has 2 amide bonds.